The number of hydrogen-bond donors (Lipinski definition) is 4. The van der Waals surface area contributed by atoms with Gasteiger partial charge in [-0.15, -0.1) is 0 Å². The number of rotatable bonds is 2. The van der Waals surface area contributed by atoms with Gasteiger partial charge in [0.25, 0.3) is 0 Å². The Balaban J connectivity index is 1.19. The third kappa shape index (κ3) is 4.48. The zero-order chi connectivity index (χ0) is 37.2. The summed E-state index contributed by atoms with van der Waals surface area (Å²) in [5, 5.41) is 50.4. The number of benzene rings is 9. The van der Waals surface area contributed by atoms with Crippen LogP contribution in [0.15, 0.2) is 146 Å². The van der Waals surface area contributed by atoms with Crippen molar-refractivity contribution in [2.24, 2.45) is 0 Å². The Morgan fingerprint density at radius 1 is 0.400 bits per heavy atom. The molecule has 0 bridgehead atoms. The average Bonchev–Trinajstić information content (AvgIpc) is 3.19. The van der Waals surface area contributed by atoms with Crippen LogP contribution in [0.5, 0.6) is 46.0 Å². The predicted molar refractivity (Wildman–Crippen MR) is 216 cm³/mol. The van der Waals surface area contributed by atoms with E-state index in [4.69, 9.17) is 9.47 Å². The van der Waals surface area contributed by atoms with Crippen LogP contribution in [0.2, 0.25) is 0 Å². The van der Waals surface area contributed by atoms with Crippen molar-refractivity contribution in [3.05, 3.63) is 179 Å². The van der Waals surface area contributed by atoms with Crippen LogP contribution in [-0.4, -0.2) is 20.4 Å². The van der Waals surface area contributed by atoms with Crippen molar-refractivity contribution in [3.8, 4) is 46.0 Å². The molecule has 0 atom stereocenters. The van der Waals surface area contributed by atoms with Gasteiger partial charge in [-0.1, -0.05) is 72.8 Å². The van der Waals surface area contributed by atoms with E-state index in [0.29, 0.717) is 23.0 Å². The maximum absolute atomic E-state index is 10.8. The molecule has 6 nitrogen and oxygen atoms in total. The van der Waals surface area contributed by atoms with Gasteiger partial charge in [0.15, 0.2) is 0 Å². The lowest BCUT2D eigenvalue weighted by Gasteiger charge is -2.40. The topological polar surface area (TPSA) is 99.4 Å². The van der Waals surface area contributed by atoms with E-state index in [1.807, 2.05) is 72.8 Å². The number of hydrogen-bond acceptors (Lipinski definition) is 6. The Kier molecular flexibility index (Phi) is 6.37. The minimum absolute atomic E-state index is 0.160. The molecule has 0 aliphatic carbocycles. The minimum Gasteiger partial charge on any atom is -0.508 e. The van der Waals surface area contributed by atoms with Crippen molar-refractivity contribution in [1.29, 1.82) is 0 Å². The zero-order valence-electron chi connectivity index (χ0n) is 29.5. The molecule has 6 heteroatoms. The van der Waals surface area contributed by atoms with Gasteiger partial charge in [0.1, 0.15) is 46.0 Å². The summed E-state index contributed by atoms with van der Waals surface area (Å²) in [6.45, 7) is 2.20. The van der Waals surface area contributed by atoms with Crippen molar-refractivity contribution in [3.63, 3.8) is 0 Å². The first kappa shape index (κ1) is 31.4. The van der Waals surface area contributed by atoms with Crippen molar-refractivity contribution in [2.45, 2.75) is 18.3 Å². The Morgan fingerprint density at radius 3 is 1.18 bits per heavy atom. The molecule has 0 saturated carbocycles. The second-order valence-corrected chi connectivity index (χ2v) is 14.8. The Labute approximate surface area is 315 Å². The largest absolute Gasteiger partial charge is 0.508 e. The Hall–Kier alpha value is -7.18. The van der Waals surface area contributed by atoms with E-state index in [2.05, 4.69) is 31.2 Å². The van der Waals surface area contributed by atoms with Gasteiger partial charge in [-0.25, -0.2) is 0 Å². The smallest absolute Gasteiger partial charge is 0.132 e. The van der Waals surface area contributed by atoms with Crippen molar-refractivity contribution >= 4 is 43.1 Å². The van der Waals surface area contributed by atoms with Crippen LogP contribution >= 0.6 is 0 Å². The summed E-state index contributed by atoms with van der Waals surface area (Å²) in [5.41, 5.74) is 4.89. The molecule has 2 aliphatic rings. The second-order valence-electron chi connectivity index (χ2n) is 14.8. The summed E-state index contributed by atoms with van der Waals surface area (Å²) in [4.78, 5) is 0. The zero-order valence-corrected chi connectivity index (χ0v) is 29.5. The van der Waals surface area contributed by atoms with Crippen LogP contribution in [0.3, 0.4) is 0 Å². The fourth-order valence-corrected chi connectivity index (χ4v) is 9.31. The number of ether oxygens (including phenoxy) is 2. The molecule has 264 valence electrons. The molecule has 9 aromatic rings. The van der Waals surface area contributed by atoms with Crippen LogP contribution in [0.25, 0.3) is 43.1 Å². The van der Waals surface area contributed by atoms with Crippen LogP contribution in [0.1, 0.15) is 46.2 Å². The standard InChI is InChI=1S/C49H32O6/c1-49(47-38-24-34(52)16-6-28(38)10-20-42(47)55-43-21-11-29-7-17-35(53)25-39(29)48(43)49)31-12-2-30(3-13-31)44-45-36-22-32(50)14-4-26(36)8-18-40(45)54-41-19-9-27-5-15-33(51)23-37(27)46(41)44/h2-25,44,50-53H,1H3. The molecule has 55 heavy (non-hydrogen) atoms. The molecule has 0 radical (unpaired) electrons. The SMILES string of the molecule is CC1(c2ccc(C3c4c(ccc5ccc(O)cc45)Oc4ccc5ccc(O)cc5c43)cc2)c2c(ccc3ccc(O)cc23)Oc2ccc3ccc(O)cc3c21. The first-order chi connectivity index (χ1) is 26.7. The van der Waals surface area contributed by atoms with E-state index < -0.39 is 5.41 Å². The summed E-state index contributed by atoms with van der Waals surface area (Å²) in [5.74, 6) is 3.13. The first-order valence-electron chi connectivity index (χ1n) is 18.2. The summed E-state index contributed by atoms with van der Waals surface area (Å²) < 4.78 is 13.3. The van der Waals surface area contributed by atoms with Gasteiger partial charge < -0.3 is 29.9 Å². The second kappa shape index (κ2) is 11.2. The summed E-state index contributed by atoms with van der Waals surface area (Å²) in [7, 11) is 0. The number of aromatic hydroxyl groups is 4. The minimum atomic E-state index is -0.801. The molecule has 2 aliphatic heterocycles. The molecule has 0 amide bonds. The molecular formula is C49H32O6. The lowest BCUT2D eigenvalue weighted by atomic mass is 9.66. The van der Waals surface area contributed by atoms with Gasteiger partial charge >= 0.3 is 0 Å². The highest BCUT2D eigenvalue weighted by Crippen LogP contribution is 2.57. The lowest BCUT2D eigenvalue weighted by Crippen LogP contribution is -2.30. The van der Waals surface area contributed by atoms with Crippen molar-refractivity contribution in [2.75, 3.05) is 0 Å². The van der Waals surface area contributed by atoms with Gasteiger partial charge in [-0.2, -0.15) is 0 Å². The van der Waals surface area contributed by atoms with E-state index in [1.54, 1.807) is 48.5 Å². The fourth-order valence-electron chi connectivity index (χ4n) is 9.31. The van der Waals surface area contributed by atoms with E-state index in [9.17, 15) is 20.4 Å². The van der Waals surface area contributed by atoms with Crippen LogP contribution in [0.4, 0.5) is 0 Å². The van der Waals surface area contributed by atoms with Gasteiger partial charge in [0.05, 0.1) is 5.41 Å². The van der Waals surface area contributed by atoms with Gasteiger partial charge in [-0.3, -0.25) is 0 Å². The Morgan fingerprint density at radius 2 is 0.745 bits per heavy atom. The monoisotopic (exact) mass is 716 g/mol. The maximum atomic E-state index is 10.8. The third-order valence-corrected chi connectivity index (χ3v) is 11.8. The summed E-state index contributed by atoms with van der Waals surface area (Å²) in [6, 6.07) is 46.3. The average molecular weight is 717 g/mol. The predicted octanol–water partition coefficient (Wildman–Crippen LogP) is 11.9. The first-order valence-corrected chi connectivity index (χ1v) is 18.2. The highest BCUT2D eigenvalue weighted by atomic mass is 16.5. The number of phenols is 4. The number of phenolic OH excluding ortho intramolecular Hbond substituents is 4. The third-order valence-electron chi connectivity index (χ3n) is 11.8. The van der Waals surface area contributed by atoms with Crippen LogP contribution in [-0.2, 0) is 5.41 Å². The molecule has 0 spiro atoms. The highest BCUT2D eigenvalue weighted by molar-refractivity contribution is 5.98. The molecule has 4 N–H and O–H groups in total. The molecular weight excluding hydrogens is 685 g/mol. The molecule has 2 heterocycles. The summed E-state index contributed by atoms with van der Waals surface area (Å²) >= 11 is 0. The van der Waals surface area contributed by atoms with Gasteiger partial charge in [0.2, 0.25) is 0 Å². The van der Waals surface area contributed by atoms with E-state index in [0.717, 1.165) is 76.5 Å². The molecule has 0 aromatic heterocycles. The van der Waals surface area contributed by atoms with E-state index in [-0.39, 0.29) is 28.9 Å². The van der Waals surface area contributed by atoms with Crippen molar-refractivity contribution < 1.29 is 29.9 Å². The van der Waals surface area contributed by atoms with Crippen molar-refractivity contribution in [1.82, 2.24) is 0 Å². The van der Waals surface area contributed by atoms with Gasteiger partial charge in [0, 0.05) is 28.2 Å². The molecule has 0 unspecified atom stereocenters. The summed E-state index contributed by atoms with van der Waals surface area (Å²) in [6.07, 6.45) is 0. The maximum Gasteiger partial charge on any atom is 0.132 e. The van der Waals surface area contributed by atoms with E-state index in [1.165, 1.54) is 0 Å². The quantitative estimate of drug-likeness (QED) is 0.142. The van der Waals surface area contributed by atoms with Crippen LogP contribution in [0, 0.1) is 0 Å². The Bertz CT molecular complexity index is 2930. The van der Waals surface area contributed by atoms with Crippen LogP contribution < -0.4 is 9.47 Å². The number of fused-ring (bicyclic) bond motifs is 12. The normalized spacial score (nSPS) is 14.2. The van der Waals surface area contributed by atoms with E-state index >= 15 is 0 Å². The lowest BCUT2D eigenvalue weighted by molar-refractivity contribution is 0.431. The van der Waals surface area contributed by atoms with Gasteiger partial charge in [-0.05, 0) is 134 Å². The molecule has 9 aromatic carbocycles. The fraction of sp³-hybridized carbons (Fsp3) is 0.0612. The molecule has 0 fully saturated rings. The highest BCUT2D eigenvalue weighted by Gasteiger charge is 2.43. The molecule has 11 rings (SSSR count). The molecule has 0 saturated heterocycles.